The van der Waals surface area contributed by atoms with Gasteiger partial charge in [0, 0.05) is 0 Å². The van der Waals surface area contributed by atoms with Gasteiger partial charge in [-0.1, -0.05) is 17.7 Å². The smallest absolute Gasteiger partial charge is 0.331 e. The molecule has 0 aliphatic rings. The fourth-order valence-corrected chi connectivity index (χ4v) is 0.996. The highest BCUT2D eigenvalue weighted by atomic mass is 16.5. The highest BCUT2D eigenvalue weighted by Gasteiger charge is 1.97. The van der Waals surface area contributed by atoms with E-state index in [0.717, 1.165) is 11.6 Å². The van der Waals surface area contributed by atoms with Gasteiger partial charge in [-0.05, 0) is 26.0 Å². The van der Waals surface area contributed by atoms with Crippen LogP contribution in [0.15, 0.2) is 36.1 Å². The predicted molar refractivity (Wildman–Crippen MR) is 53.2 cm³/mol. The van der Waals surface area contributed by atoms with Gasteiger partial charge in [-0.2, -0.15) is 0 Å². The molecule has 0 spiro atoms. The summed E-state index contributed by atoms with van der Waals surface area (Å²) in [7, 11) is 0. The van der Waals surface area contributed by atoms with E-state index >= 15 is 0 Å². The van der Waals surface area contributed by atoms with Gasteiger partial charge in [-0.15, -0.1) is 0 Å². The number of hydrogen-bond donors (Lipinski definition) is 1. The summed E-state index contributed by atoms with van der Waals surface area (Å²) in [5.41, 5.74) is 1.14. The van der Waals surface area contributed by atoms with Crippen LogP contribution in [-0.4, -0.2) is 11.1 Å². The van der Waals surface area contributed by atoms with Gasteiger partial charge in [0.2, 0.25) is 0 Å². The maximum Gasteiger partial charge on any atom is 0.331 e. The Morgan fingerprint density at radius 2 is 1.93 bits per heavy atom. The Labute approximate surface area is 82.6 Å². The minimum absolute atomic E-state index is 0.362. The molecule has 0 aliphatic carbocycles. The number of carboxylic acid groups (broad SMARTS) is 1. The molecule has 0 aliphatic heterocycles. The van der Waals surface area contributed by atoms with Crippen LogP contribution in [0.5, 0.6) is 5.75 Å². The SMILES string of the molecule is C/C(=C/C(=O)O)Oc1ccc(C)cc1. The lowest BCUT2D eigenvalue weighted by Gasteiger charge is -2.04. The molecule has 1 aromatic carbocycles. The first kappa shape index (κ1) is 10.3. The van der Waals surface area contributed by atoms with E-state index in [-0.39, 0.29) is 0 Å². The monoisotopic (exact) mass is 192 g/mol. The van der Waals surface area contributed by atoms with Gasteiger partial charge < -0.3 is 9.84 Å². The quantitative estimate of drug-likeness (QED) is 0.590. The molecule has 0 amide bonds. The summed E-state index contributed by atoms with van der Waals surface area (Å²) >= 11 is 0. The van der Waals surface area contributed by atoms with Crippen molar-refractivity contribution >= 4 is 5.97 Å². The summed E-state index contributed by atoms with van der Waals surface area (Å²) in [5.74, 6) is 0.00145. The molecule has 1 N–H and O–H groups in total. The highest BCUT2D eigenvalue weighted by Crippen LogP contribution is 2.14. The zero-order chi connectivity index (χ0) is 10.6. The van der Waals surface area contributed by atoms with Crippen molar-refractivity contribution in [3.63, 3.8) is 0 Å². The normalized spacial score (nSPS) is 11.1. The Morgan fingerprint density at radius 3 is 2.43 bits per heavy atom. The molecule has 0 unspecified atom stereocenters. The van der Waals surface area contributed by atoms with E-state index in [2.05, 4.69) is 0 Å². The third-order valence-electron chi connectivity index (χ3n) is 1.63. The second-order valence-electron chi connectivity index (χ2n) is 3.01. The Balaban J connectivity index is 2.69. The average molecular weight is 192 g/mol. The molecular weight excluding hydrogens is 180 g/mol. The summed E-state index contributed by atoms with van der Waals surface area (Å²) in [6.07, 6.45) is 1.03. The third-order valence-corrected chi connectivity index (χ3v) is 1.63. The van der Waals surface area contributed by atoms with Gasteiger partial charge in [-0.25, -0.2) is 4.79 Å². The van der Waals surface area contributed by atoms with E-state index < -0.39 is 5.97 Å². The molecular formula is C11H12O3. The van der Waals surface area contributed by atoms with Crippen LogP contribution in [0.2, 0.25) is 0 Å². The summed E-state index contributed by atoms with van der Waals surface area (Å²) in [6, 6.07) is 7.41. The first-order valence-electron chi connectivity index (χ1n) is 4.23. The summed E-state index contributed by atoms with van der Waals surface area (Å²) in [4.78, 5) is 10.3. The number of benzene rings is 1. The van der Waals surface area contributed by atoms with Gasteiger partial charge in [0.25, 0.3) is 0 Å². The molecule has 3 heteroatoms. The molecule has 1 aromatic rings. The largest absolute Gasteiger partial charge is 0.478 e. The number of carbonyl (C=O) groups is 1. The van der Waals surface area contributed by atoms with Gasteiger partial charge in [0.1, 0.15) is 11.5 Å². The van der Waals surface area contributed by atoms with Crippen molar-refractivity contribution in [1.82, 2.24) is 0 Å². The van der Waals surface area contributed by atoms with Crippen LogP contribution in [0.25, 0.3) is 0 Å². The maximum absolute atomic E-state index is 10.3. The average Bonchev–Trinajstić information content (AvgIpc) is 2.07. The summed E-state index contributed by atoms with van der Waals surface area (Å²) in [5, 5.41) is 8.45. The zero-order valence-corrected chi connectivity index (χ0v) is 8.15. The van der Waals surface area contributed by atoms with Crippen molar-refractivity contribution in [1.29, 1.82) is 0 Å². The molecule has 14 heavy (non-hydrogen) atoms. The fraction of sp³-hybridized carbons (Fsp3) is 0.182. The second kappa shape index (κ2) is 4.46. The van der Waals surface area contributed by atoms with E-state index in [1.165, 1.54) is 0 Å². The minimum Gasteiger partial charge on any atom is -0.478 e. The van der Waals surface area contributed by atoms with Gasteiger partial charge in [-0.3, -0.25) is 0 Å². The number of aliphatic carboxylic acids is 1. The molecule has 3 nitrogen and oxygen atoms in total. The number of rotatable bonds is 3. The van der Waals surface area contributed by atoms with Crippen LogP contribution in [0.4, 0.5) is 0 Å². The minimum atomic E-state index is -1.00. The molecule has 74 valence electrons. The second-order valence-corrected chi connectivity index (χ2v) is 3.01. The molecule has 0 fully saturated rings. The number of aryl methyl sites for hydroxylation is 1. The van der Waals surface area contributed by atoms with E-state index in [1.807, 2.05) is 19.1 Å². The van der Waals surface area contributed by atoms with Crippen LogP contribution >= 0.6 is 0 Å². The maximum atomic E-state index is 10.3. The lowest BCUT2D eigenvalue weighted by molar-refractivity contribution is -0.131. The zero-order valence-electron chi connectivity index (χ0n) is 8.15. The van der Waals surface area contributed by atoms with Crippen molar-refractivity contribution in [2.24, 2.45) is 0 Å². The van der Waals surface area contributed by atoms with Crippen LogP contribution < -0.4 is 4.74 Å². The highest BCUT2D eigenvalue weighted by molar-refractivity contribution is 5.80. The fourth-order valence-electron chi connectivity index (χ4n) is 0.996. The van der Waals surface area contributed by atoms with Gasteiger partial charge in [0.15, 0.2) is 0 Å². The topological polar surface area (TPSA) is 46.5 Å². The number of allylic oxidation sites excluding steroid dienone is 1. The van der Waals surface area contributed by atoms with Crippen molar-refractivity contribution in [2.75, 3.05) is 0 Å². The van der Waals surface area contributed by atoms with Crippen molar-refractivity contribution < 1.29 is 14.6 Å². The van der Waals surface area contributed by atoms with Crippen molar-refractivity contribution in [2.45, 2.75) is 13.8 Å². The standard InChI is InChI=1S/C11H12O3/c1-8-3-5-10(6-4-8)14-9(2)7-11(12)13/h3-7H,1-2H3,(H,12,13)/b9-7-. The Hall–Kier alpha value is -1.77. The van der Waals surface area contributed by atoms with Crippen molar-refractivity contribution in [3.8, 4) is 5.75 Å². The summed E-state index contributed by atoms with van der Waals surface area (Å²) in [6.45, 7) is 3.58. The molecule has 0 atom stereocenters. The molecule has 0 aromatic heterocycles. The Kier molecular flexibility index (Phi) is 3.29. The van der Waals surface area contributed by atoms with Crippen LogP contribution in [0.1, 0.15) is 12.5 Å². The molecule has 0 bridgehead atoms. The Bertz CT molecular complexity index is 349. The molecule has 0 radical (unpaired) electrons. The first-order chi connectivity index (χ1) is 6.58. The lowest BCUT2D eigenvalue weighted by atomic mass is 10.2. The molecule has 0 saturated carbocycles. The number of carboxylic acids is 1. The molecule has 0 heterocycles. The first-order valence-corrected chi connectivity index (χ1v) is 4.23. The predicted octanol–water partition coefficient (Wildman–Crippen LogP) is 2.36. The lowest BCUT2D eigenvalue weighted by Crippen LogP contribution is -1.96. The third kappa shape index (κ3) is 3.31. The Morgan fingerprint density at radius 1 is 1.36 bits per heavy atom. The number of ether oxygens (including phenoxy) is 1. The van der Waals surface area contributed by atoms with Gasteiger partial charge in [0.05, 0.1) is 6.08 Å². The van der Waals surface area contributed by atoms with Crippen molar-refractivity contribution in [3.05, 3.63) is 41.7 Å². The van der Waals surface area contributed by atoms with Crippen LogP contribution in [0.3, 0.4) is 0 Å². The van der Waals surface area contributed by atoms with E-state index in [9.17, 15) is 4.79 Å². The molecule has 0 saturated heterocycles. The molecule has 1 rings (SSSR count). The summed E-state index contributed by atoms with van der Waals surface area (Å²) < 4.78 is 5.26. The van der Waals surface area contributed by atoms with E-state index in [1.54, 1.807) is 19.1 Å². The number of hydrogen-bond acceptors (Lipinski definition) is 2. The van der Waals surface area contributed by atoms with Crippen LogP contribution in [-0.2, 0) is 4.79 Å². The van der Waals surface area contributed by atoms with Gasteiger partial charge >= 0.3 is 5.97 Å². The van der Waals surface area contributed by atoms with E-state index in [0.29, 0.717) is 11.5 Å². The van der Waals surface area contributed by atoms with E-state index in [4.69, 9.17) is 9.84 Å². The van der Waals surface area contributed by atoms with Crippen LogP contribution in [0, 0.1) is 6.92 Å².